The van der Waals surface area contributed by atoms with E-state index in [9.17, 15) is 24.3 Å². The van der Waals surface area contributed by atoms with Crippen LogP contribution in [-0.4, -0.2) is 201 Å². The number of carbonyl (C=O) groups excluding carboxylic acids is 3. The average Bonchev–Trinajstić information content (AvgIpc) is 3.44. The van der Waals surface area contributed by atoms with E-state index < -0.39 is 12.0 Å². The van der Waals surface area contributed by atoms with Crippen molar-refractivity contribution in [3.8, 4) is 11.3 Å². The van der Waals surface area contributed by atoms with Gasteiger partial charge in [-0.3, -0.25) is 24.3 Å². The van der Waals surface area contributed by atoms with E-state index in [1.165, 1.54) is 10.5 Å². The van der Waals surface area contributed by atoms with E-state index in [1.54, 1.807) is 61.7 Å². The first-order valence-corrected chi connectivity index (χ1v) is 26.7. The van der Waals surface area contributed by atoms with Crippen LogP contribution in [0.25, 0.3) is 11.3 Å². The van der Waals surface area contributed by atoms with E-state index in [0.717, 1.165) is 43.6 Å². The summed E-state index contributed by atoms with van der Waals surface area (Å²) in [6.07, 6.45) is 4.01. The molecule has 4 aromatic rings. The number of benzene rings is 3. The predicted octanol–water partition coefficient (Wildman–Crippen LogP) is 6.53. The summed E-state index contributed by atoms with van der Waals surface area (Å²) in [5, 5.41) is 16.3. The summed E-state index contributed by atoms with van der Waals surface area (Å²) in [6.45, 7) is 14.0. The van der Waals surface area contributed by atoms with E-state index in [0.29, 0.717) is 159 Å². The minimum absolute atomic E-state index is 0.0851. The Bertz CT molecular complexity index is 2420. The second kappa shape index (κ2) is 32.5. The number of carboxylic acid groups (broad SMARTS) is 1. The van der Waals surface area contributed by atoms with Crippen LogP contribution in [0.1, 0.15) is 81.4 Å². The Morgan fingerprint density at radius 1 is 0.711 bits per heavy atom. The number of fused-ring (bicyclic) bond motifs is 1. The van der Waals surface area contributed by atoms with Crippen molar-refractivity contribution >= 4 is 35.2 Å². The predicted molar refractivity (Wildman–Crippen MR) is 291 cm³/mol. The minimum Gasteiger partial charge on any atom is -0.465 e. The molecule has 4 amide bonds. The van der Waals surface area contributed by atoms with Crippen LogP contribution in [-0.2, 0) is 39.6 Å². The number of pyridine rings is 1. The number of methoxy groups -OCH3 is 1. The fourth-order valence-electron chi connectivity index (χ4n) is 9.29. The zero-order valence-corrected chi connectivity index (χ0v) is 44.9. The number of hydrogen-bond acceptors (Lipinski definition) is 14. The van der Waals surface area contributed by atoms with Gasteiger partial charge in [0, 0.05) is 107 Å². The number of amides is 4. The van der Waals surface area contributed by atoms with Gasteiger partial charge >= 0.3 is 6.09 Å². The van der Waals surface area contributed by atoms with Gasteiger partial charge in [0.05, 0.1) is 96.7 Å². The van der Waals surface area contributed by atoms with Crippen molar-refractivity contribution in [3.05, 3.63) is 113 Å². The van der Waals surface area contributed by atoms with Gasteiger partial charge in [-0.25, -0.2) is 4.79 Å². The molecule has 6 rings (SSSR count). The molecule has 1 unspecified atom stereocenters. The Morgan fingerprint density at radius 2 is 1.34 bits per heavy atom. The maximum Gasteiger partial charge on any atom is 0.407 e. The Kier molecular flexibility index (Phi) is 25.3. The SMILES string of the molecule is CCN(CC)c1ccc(NC(=O)c2cccc(C(=O)N(C)CCN3CCN(C(=O)O)[C@@H](CCOCCOCCOCCOCCOCCOCCOC)C3)c2)c(-c2cc(C(=O)NC3CCCc4ccccc43)ccn2)c1. The second-order valence-electron chi connectivity index (χ2n) is 18.6. The molecule has 1 aliphatic carbocycles. The number of rotatable bonds is 33. The summed E-state index contributed by atoms with van der Waals surface area (Å²) < 4.78 is 38.2. The molecule has 76 heavy (non-hydrogen) atoms. The largest absolute Gasteiger partial charge is 0.465 e. The molecule has 0 spiro atoms. The molecular weight excluding hydrogens is 975 g/mol. The molecule has 1 aliphatic heterocycles. The van der Waals surface area contributed by atoms with Crippen molar-refractivity contribution in [2.75, 3.05) is 156 Å². The third-order valence-corrected chi connectivity index (χ3v) is 13.5. The number of carbonyl (C=O) groups is 4. The van der Waals surface area contributed by atoms with Gasteiger partial charge in [-0.05, 0) is 99.2 Å². The fourth-order valence-corrected chi connectivity index (χ4v) is 9.29. The lowest BCUT2D eigenvalue weighted by atomic mass is 9.87. The van der Waals surface area contributed by atoms with Gasteiger partial charge in [-0.15, -0.1) is 0 Å². The van der Waals surface area contributed by atoms with Crippen LogP contribution in [0.2, 0.25) is 0 Å². The van der Waals surface area contributed by atoms with Crippen LogP contribution in [0.3, 0.4) is 0 Å². The number of piperazine rings is 1. The van der Waals surface area contributed by atoms with Gasteiger partial charge in [0.15, 0.2) is 0 Å². The summed E-state index contributed by atoms with van der Waals surface area (Å²) in [7, 11) is 3.35. The van der Waals surface area contributed by atoms with E-state index in [4.69, 9.17) is 33.2 Å². The first-order valence-electron chi connectivity index (χ1n) is 26.7. The van der Waals surface area contributed by atoms with Gasteiger partial charge in [0.2, 0.25) is 0 Å². The molecule has 19 nitrogen and oxygen atoms in total. The average molecular weight is 1050 g/mol. The van der Waals surface area contributed by atoms with Crippen molar-refractivity contribution in [2.24, 2.45) is 0 Å². The van der Waals surface area contributed by atoms with Crippen molar-refractivity contribution in [1.82, 2.24) is 25.0 Å². The third kappa shape index (κ3) is 18.6. The lowest BCUT2D eigenvalue weighted by Gasteiger charge is -2.40. The van der Waals surface area contributed by atoms with Crippen LogP contribution >= 0.6 is 0 Å². The molecule has 414 valence electrons. The monoisotopic (exact) mass is 1050 g/mol. The van der Waals surface area contributed by atoms with Crippen molar-refractivity contribution in [1.29, 1.82) is 0 Å². The lowest BCUT2D eigenvalue weighted by molar-refractivity contribution is -0.0203. The van der Waals surface area contributed by atoms with E-state index in [1.807, 2.05) is 30.3 Å². The molecular formula is C57H79N7O12. The van der Waals surface area contributed by atoms with Gasteiger partial charge in [0.25, 0.3) is 17.7 Å². The van der Waals surface area contributed by atoms with E-state index in [-0.39, 0.29) is 23.9 Å². The summed E-state index contributed by atoms with van der Waals surface area (Å²) >= 11 is 0. The quantitative estimate of drug-likeness (QED) is 0.0435. The molecule has 3 aromatic carbocycles. The van der Waals surface area contributed by atoms with Crippen LogP contribution in [0.15, 0.2) is 85.1 Å². The zero-order valence-electron chi connectivity index (χ0n) is 44.9. The number of likely N-dealkylation sites (N-methyl/N-ethyl adjacent to an activating group) is 1. The van der Waals surface area contributed by atoms with Crippen molar-refractivity contribution < 1.29 is 57.4 Å². The minimum atomic E-state index is -0.970. The van der Waals surface area contributed by atoms with Gasteiger partial charge in [-0.1, -0.05) is 30.3 Å². The molecule has 0 saturated carbocycles. The Morgan fingerprint density at radius 3 is 2.00 bits per heavy atom. The highest BCUT2D eigenvalue weighted by molar-refractivity contribution is 6.08. The molecule has 2 aliphatic rings. The summed E-state index contributed by atoms with van der Waals surface area (Å²) in [4.78, 5) is 65.9. The maximum absolute atomic E-state index is 14.0. The Hall–Kier alpha value is -6.03. The summed E-state index contributed by atoms with van der Waals surface area (Å²) in [5.41, 5.74) is 6.17. The van der Waals surface area contributed by atoms with Crippen LogP contribution in [0, 0.1) is 0 Å². The van der Waals surface area contributed by atoms with Crippen molar-refractivity contribution in [3.63, 3.8) is 0 Å². The number of ether oxygens (including phenoxy) is 7. The highest BCUT2D eigenvalue weighted by atomic mass is 16.6. The third-order valence-electron chi connectivity index (χ3n) is 13.5. The number of anilines is 2. The zero-order chi connectivity index (χ0) is 53.9. The normalized spacial score (nSPS) is 15.5. The van der Waals surface area contributed by atoms with Crippen molar-refractivity contribution in [2.45, 2.75) is 51.6 Å². The number of aryl methyl sites for hydroxylation is 1. The van der Waals surface area contributed by atoms with E-state index >= 15 is 0 Å². The summed E-state index contributed by atoms with van der Waals surface area (Å²) in [6, 6.07) is 23.8. The topological polar surface area (TPSA) is 203 Å². The molecule has 1 fully saturated rings. The molecule has 1 saturated heterocycles. The first kappa shape index (κ1) is 59.2. The second-order valence-corrected chi connectivity index (χ2v) is 18.6. The molecule has 2 atom stereocenters. The number of hydrogen-bond donors (Lipinski definition) is 3. The highest BCUT2D eigenvalue weighted by Crippen LogP contribution is 2.33. The molecule has 0 bridgehead atoms. The molecule has 1 aromatic heterocycles. The van der Waals surface area contributed by atoms with Gasteiger partial charge in [-0.2, -0.15) is 0 Å². The van der Waals surface area contributed by atoms with Gasteiger partial charge in [0.1, 0.15) is 0 Å². The first-order chi connectivity index (χ1) is 37.1. The van der Waals surface area contributed by atoms with E-state index in [2.05, 4.69) is 51.4 Å². The number of nitrogens with one attached hydrogen (secondary N) is 2. The lowest BCUT2D eigenvalue weighted by Crippen LogP contribution is -2.56. The molecule has 2 heterocycles. The number of nitrogens with zero attached hydrogens (tertiary/aromatic N) is 5. The Balaban J connectivity index is 0.944. The van der Waals surface area contributed by atoms with Crippen LogP contribution < -0.4 is 15.5 Å². The summed E-state index contributed by atoms with van der Waals surface area (Å²) in [5.74, 6) is -0.851. The maximum atomic E-state index is 14.0. The fraction of sp³-hybridized carbons (Fsp3) is 0.526. The molecule has 0 radical (unpaired) electrons. The highest BCUT2D eigenvalue weighted by Gasteiger charge is 2.31. The smallest absolute Gasteiger partial charge is 0.407 e. The van der Waals surface area contributed by atoms with Gasteiger partial charge < -0.3 is 63.6 Å². The van der Waals surface area contributed by atoms with Crippen LogP contribution in [0.4, 0.5) is 16.2 Å². The Labute approximate surface area is 448 Å². The number of aromatic nitrogens is 1. The standard InChI is InChI=1S/C57H79N7O12/c1-5-63(6-2)47-17-18-52(50(41-47)53-40-45(19-21-58-53)55(66)59-51-16-10-12-43-11-7-8-15-49(43)51)60-54(65)44-13-9-14-46(39-44)56(67)61(3)22-23-62-24-25-64(57(68)69)48(42-62)20-26-71-29-30-73-33-34-75-37-38-76-36-35-74-32-31-72-28-27-70-4/h7-9,11,13-15,17-19,21,39-41,48,51H,5-6,10,12,16,20,22-38,42H2,1-4H3,(H,59,66)(H,60,65)(H,68,69)/t48-,51?/m0/s1. The molecule has 19 heteroatoms. The molecule has 3 N–H and O–H groups in total. The van der Waals surface area contributed by atoms with Crippen LogP contribution in [0.5, 0.6) is 0 Å².